The molecule has 0 bridgehead atoms. The van der Waals surface area contributed by atoms with Crippen LogP contribution in [0.1, 0.15) is 18.6 Å². The SMILES string of the molecule is CC(O)c1cc(Oc2ccc(Cl)cc2)ccc1N. The van der Waals surface area contributed by atoms with Gasteiger partial charge in [0.15, 0.2) is 0 Å². The number of rotatable bonds is 3. The van der Waals surface area contributed by atoms with Gasteiger partial charge in [-0.05, 0) is 49.4 Å². The molecule has 1 unspecified atom stereocenters. The smallest absolute Gasteiger partial charge is 0.127 e. The summed E-state index contributed by atoms with van der Waals surface area (Å²) in [5.41, 5.74) is 6.97. The van der Waals surface area contributed by atoms with Crippen LogP contribution in [-0.2, 0) is 0 Å². The van der Waals surface area contributed by atoms with E-state index < -0.39 is 6.10 Å². The standard InChI is InChI=1S/C14H14ClNO2/c1-9(17)13-8-12(6-7-14(13)16)18-11-4-2-10(15)3-5-11/h2-9,17H,16H2,1H3. The third-order valence-electron chi connectivity index (χ3n) is 2.56. The fourth-order valence-electron chi connectivity index (χ4n) is 1.62. The minimum atomic E-state index is -0.626. The molecule has 18 heavy (non-hydrogen) atoms. The van der Waals surface area contributed by atoms with Gasteiger partial charge in [-0.1, -0.05) is 11.6 Å². The number of aliphatic hydroxyl groups is 1. The maximum Gasteiger partial charge on any atom is 0.127 e. The van der Waals surface area contributed by atoms with Crippen LogP contribution in [0.3, 0.4) is 0 Å². The Morgan fingerprint density at radius 2 is 1.72 bits per heavy atom. The van der Waals surface area contributed by atoms with Gasteiger partial charge in [-0.3, -0.25) is 0 Å². The number of hydrogen-bond acceptors (Lipinski definition) is 3. The molecule has 0 saturated heterocycles. The topological polar surface area (TPSA) is 55.5 Å². The fraction of sp³-hybridized carbons (Fsp3) is 0.143. The number of benzene rings is 2. The lowest BCUT2D eigenvalue weighted by Crippen LogP contribution is -1.98. The molecule has 0 heterocycles. The lowest BCUT2D eigenvalue weighted by Gasteiger charge is -2.12. The van der Waals surface area contributed by atoms with E-state index in [1.807, 2.05) is 0 Å². The minimum absolute atomic E-state index is 0.549. The van der Waals surface area contributed by atoms with Crippen molar-refractivity contribution in [1.82, 2.24) is 0 Å². The first-order valence-corrected chi connectivity index (χ1v) is 5.95. The highest BCUT2D eigenvalue weighted by Crippen LogP contribution is 2.29. The molecule has 0 saturated carbocycles. The molecule has 2 aromatic carbocycles. The molecule has 3 nitrogen and oxygen atoms in total. The van der Waals surface area contributed by atoms with Crippen molar-refractivity contribution in [2.45, 2.75) is 13.0 Å². The van der Waals surface area contributed by atoms with Gasteiger partial charge in [-0.25, -0.2) is 0 Å². The van der Waals surface area contributed by atoms with E-state index in [1.165, 1.54) is 0 Å². The summed E-state index contributed by atoms with van der Waals surface area (Å²) in [5, 5.41) is 10.2. The van der Waals surface area contributed by atoms with Crippen molar-refractivity contribution in [3.05, 3.63) is 53.1 Å². The maximum atomic E-state index is 9.58. The zero-order valence-corrected chi connectivity index (χ0v) is 10.7. The van der Waals surface area contributed by atoms with E-state index in [0.29, 0.717) is 27.8 Å². The molecule has 0 aliphatic rings. The van der Waals surface area contributed by atoms with Gasteiger partial charge in [-0.15, -0.1) is 0 Å². The maximum absolute atomic E-state index is 9.58. The first-order chi connectivity index (χ1) is 8.56. The van der Waals surface area contributed by atoms with Crippen molar-refractivity contribution in [2.75, 3.05) is 5.73 Å². The first kappa shape index (κ1) is 12.7. The Balaban J connectivity index is 2.24. The van der Waals surface area contributed by atoms with Gasteiger partial charge in [0.05, 0.1) is 6.10 Å². The molecule has 94 valence electrons. The lowest BCUT2D eigenvalue weighted by molar-refractivity contribution is 0.199. The highest BCUT2D eigenvalue weighted by Gasteiger charge is 2.07. The second kappa shape index (κ2) is 5.29. The fourth-order valence-corrected chi connectivity index (χ4v) is 1.74. The molecule has 2 rings (SSSR count). The Hall–Kier alpha value is -1.71. The average molecular weight is 264 g/mol. The summed E-state index contributed by atoms with van der Waals surface area (Å²) in [4.78, 5) is 0. The van der Waals surface area contributed by atoms with Crippen molar-refractivity contribution in [1.29, 1.82) is 0 Å². The quantitative estimate of drug-likeness (QED) is 0.829. The van der Waals surface area contributed by atoms with Crippen molar-refractivity contribution in [3.8, 4) is 11.5 Å². The molecule has 0 aliphatic carbocycles. The van der Waals surface area contributed by atoms with Gasteiger partial charge in [0.2, 0.25) is 0 Å². The lowest BCUT2D eigenvalue weighted by atomic mass is 10.1. The highest BCUT2D eigenvalue weighted by atomic mass is 35.5. The Morgan fingerprint density at radius 3 is 2.33 bits per heavy atom. The van der Waals surface area contributed by atoms with E-state index in [0.717, 1.165) is 0 Å². The van der Waals surface area contributed by atoms with Crippen molar-refractivity contribution in [3.63, 3.8) is 0 Å². The Labute approximate surface area is 111 Å². The summed E-state index contributed by atoms with van der Waals surface area (Å²) in [6, 6.07) is 12.3. The summed E-state index contributed by atoms with van der Waals surface area (Å²) >= 11 is 5.80. The van der Waals surface area contributed by atoms with Crippen LogP contribution in [0.25, 0.3) is 0 Å². The van der Waals surface area contributed by atoms with Crippen LogP contribution in [0.4, 0.5) is 5.69 Å². The van der Waals surface area contributed by atoms with E-state index in [-0.39, 0.29) is 0 Å². The zero-order chi connectivity index (χ0) is 13.1. The second-order valence-corrected chi connectivity index (χ2v) is 4.46. The van der Waals surface area contributed by atoms with Crippen LogP contribution in [0, 0.1) is 0 Å². The molecule has 0 radical (unpaired) electrons. The van der Waals surface area contributed by atoms with Crippen LogP contribution in [0.15, 0.2) is 42.5 Å². The predicted octanol–water partition coefficient (Wildman–Crippen LogP) is 3.77. The molecule has 0 spiro atoms. The Bertz CT molecular complexity index is 538. The zero-order valence-electron chi connectivity index (χ0n) is 9.93. The molecule has 0 aliphatic heterocycles. The van der Waals surface area contributed by atoms with Gasteiger partial charge in [0.25, 0.3) is 0 Å². The third-order valence-corrected chi connectivity index (χ3v) is 2.81. The largest absolute Gasteiger partial charge is 0.457 e. The summed E-state index contributed by atoms with van der Waals surface area (Å²) in [6.07, 6.45) is -0.626. The summed E-state index contributed by atoms with van der Waals surface area (Å²) in [5.74, 6) is 1.31. The van der Waals surface area contributed by atoms with Crippen molar-refractivity contribution >= 4 is 17.3 Å². The van der Waals surface area contributed by atoms with E-state index >= 15 is 0 Å². The number of anilines is 1. The summed E-state index contributed by atoms with van der Waals surface area (Å²) in [7, 11) is 0. The molecule has 0 fully saturated rings. The Kier molecular flexibility index (Phi) is 3.75. The number of aliphatic hydroxyl groups excluding tert-OH is 1. The van der Waals surface area contributed by atoms with Gasteiger partial charge in [-0.2, -0.15) is 0 Å². The molecular formula is C14H14ClNO2. The van der Waals surface area contributed by atoms with Gasteiger partial charge in [0.1, 0.15) is 11.5 Å². The number of ether oxygens (including phenoxy) is 1. The minimum Gasteiger partial charge on any atom is -0.457 e. The monoisotopic (exact) mass is 263 g/mol. The van der Waals surface area contributed by atoms with Crippen LogP contribution in [0.2, 0.25) is 5.02 Å². The van der Waals surface area contributed by atoms with Crippen molar-refractivity contribution < 1.29 is 9.84 Å². The highest BCUT2D eigenvalue weighted by molar-refractivity contribution is 6.30. The molecule has 0 aromatic heterocycles. The molecule has 0 amide bonds. The van der Waals surface area contributed by atoms with Crippen molar-refractivity contribution in [2.24, 2.45) is 0 Å². The third kappa shape index (κ3) is 2.94. The summed E-state index contributed by atoms with van der Waals surface area (Å²) in [6.45, 7) is 1.66. The van der Waals surface area contributed by atoms with E-state index in [1.54, 1.807) is 49.4 Å². The number of halogens is 1. The van der Waals surface area contributed by atoms with Gasteiger partial charge in [0, 0.05) is 16.3 Å². The normalized spacial score (nSPS) is 12.2. The van der Waals surface area contributed by atoms with Crippen LogP contribution in [0.5, 0.6) is 11.5 Å². The summed E-state index contributed by atoms with van der Waals surface area (Å²) < 4.78 is 5.65. The number of nitrogens with two attached hydrogens (primary N) is 1. The molecule has 3 N–H and O–H groups in total. The van der Waals surface area contributed by atoms with Crippen LogP contribution in [-0.4, -0.2) is 5.11 Å². The van der Waals surface area contributed by atoms with Gasteiger partial charge >= 0.3 is 0 Å². The van der Waals surface area contributed by atoms with E-state index in [2.05, 4.69) is 0 Å². The first-order valence-electron chi connectivity index (χ1n) is 5.57. The van der Waals surface area contributed by atoms with Crippen LogP contribution >= 0.6 is 11.6 Å². The second-order valence-electron chi connectivity index (χ2n) is 4.02. The van der Waals surface area contributed by atoms with Gasteiger partial charge < -0.3 is 15.6 Å². The van der Waals surface area contributed by atoms with E-state index in [9.17, 15) is 5.11 Å². The van der Waals surface area contributed by atoms with E-state index in [4.69, 9.17) is 22.1 Å². The number of nitrogen functional groups attached to an aromatic ring is 1. The predicted molar refractivity (Wildman–Crippen MR) is 73.0 cm³/mol. The average Bonchev–Trinajstić information content (AvgIpc) is 2.34. The molecular weight excluding hydrogens is 250 g/mol. The van der Waals surface area contributed by atoms with Crippen LogP contribution < -0.4 is 10.5 Å². The Morgan fingerprint density at radius 1 is 1.11 bits per heavy atom. The molecule has 2 aromatic rings. The number of hydrogen-bond donors (Lipinski definition) is 2. The molecule has 1 atom stereocenters. The molecule has 4 heteroatoms.